The molecule has 0 saturated carbocycles. The van der Waals surface area contributed by atoms with Crippen LogP contribution in [0.25, 0.3) is 38.9 Å². The van der Waals surface area contributed by atoms with Gasteiger partial charge >= 0.3 is 7.60 Å². The average molecular weight is 474 g/mol. The molecule has 3 aromatic carbocycles. The van der Waals surface area contributed by atoms with Crippen molar-refractivity contribution < 1.29 is 18.4 Å². The van der Waals surface area contributed by atoms with Gasteiger partial charge in [0.1, 0.15) is 0 Å². The quantitative estimate of drug-likeness (QED) is 0.272. The van der Waals surface area contributed by atoms with Crippen LogP contribution >= 0.6 is 7.60 Å². The van der Waals surface area contributed by atoms with Crippen molar-refractivity contribution in [3.8, 4) is 11.1 Å². The number of aromatic nitrogens is 1. The molecule has 0 aliphatic heterocycles. The molecule has 34 heavy (non-hydrogen) atoms. The monoisotopic (exact) mass is 474 g/mol. The molecular weight excluding hydrogens is 447 g/mol. The fraction of sp³-hybridized carbons (Fsp3) is 0.185. The second-order valence-corrected chi connectivity index (χ2v) is 9.62. The lowest BCUT2D eigenvalue weighted by Crippen LogP contribution is -2.06. The molecule has 1 heterocycles. The molecule has 1 aromatic heterocycles. The van der Waals surface area contributed by atoms with Crippen molar-refractivity contribution in [3.05, 3.63) is 78.2 Å². The lowest BCUT2D eigenvalue weighted by atomic mass is 9.95. The van der Waals surface area contributed by atoms with Crippen molar-refractivity contribution >= 4 is 46.9 Å². The first-order valence-corrected chi connectivity index (χ1v) is 12.8. The summed E-state index contributed by atoms with van der Waals surface area (Å²) in [5.74, 6) is 1.32. The first-order valence-electron chi connectivity index (χ1n) is 11.2. The number of benzene rings is 3. The van der Waals surface area contributed by atoms with E-state index in [9.17, 15) is 9.36 Å². The molecule has 0 saturated heterocycles. The minimum Gasteiger partial charge on any atom is -0.326 e. The number of amides is 1. The molecule has 1 N–H and O–H groups in total. The summed E-state index contributed by atoms with van der Waals surface area (Å²) in [7, 11) is -3.34. The van der Waals surface area contributed by atoms with E-state index in [1.807, 2.05) is 42.5 Å². The Bertz CT molecular complexity index is 1420. The highest BCUT2D eigenvalue weighted by molar-refractivity contribution is 7.57. The molecule has 0 aliphatic carbocycles. The van der Waals surface area contributed by atoms with E-state index in [2.05, 4.69) is 29.6 Å². The van der Waals surface area contributed by atoms with Crippen molar-refractivity contribution in [2.24, 2.45) is 0 Å². The molecule has 0 unspecified atom stereocenters. The van der Waals surface area contributed by atoms with Crippen molar-refractivity contribution in [1.29, 1.82) is 0 Å². The first-order chi connectivity index (χ1) is 16.4. The molecule has 7 heteroatoms. The predicted octanol–water partition coefficient (Wildman–Crippen LogP) is 7.25. The number of pyridine rings is 1. The van der Waals surface area contributed by atoms with Gasteiger partial charge in [-0.05, 0) is 54.5 Å². The van der Waals surface area contributed by atoms with Crippen LogP contribution in [-0.2, 0) is 18.4 Å². The Morgan fingerprint density at radius 3 is 2.41 bits per heavy atom. The van der Waals surface area contributed by atoms with Crippen LogP contribution in [0.2, 0.25) is 0 Å². The summed E-state index contributed by atoms with van der Waals surface area (Å²) in [4.78, 5) is 16.6. The zero-order chi connectivity index (χ0) is 24.1. The Morgan fingerprint density at radius 1 is 0.941 bits per heavy atom. The minimum atomic E-state index is -3.34. The van der Waals surface area contributed by atoms with E-state index >= 15 is 0 Å². The number of nitrogens with zero attached hydrogens (tertiary/aromatic N) is 1. The molecule has 174 valence electrons. The molecule has 0 radical (unpaired) electrons. The van der Waals surface area contributed by atoms with E-state index in [1.165, 1.54) is 12.7 Å². The van der Waals surface area contributed by atoms with Crippen LogP contribution in [0.3, 0.4) is 0 Å². The van der Waals surface area contributed by atoms with Gasteiger partial charge in [-0.25, -0.2) is 4.98 Å². The summed E-state index contributed by atoms with van der Waals surface area (Å²) in [6.45, 7) is 5.60. The Hall–Kier alpha value is -3.31. The second kappa shape index (κ2) is 10.3. The number of hydrogen-bond acceptors (Lipinski definition) is 5. The number of carbonyl (C=O) groups excluding carboxylic acids is 1. The van der Waals surface area contributed by atoms with Gasteiger partial charge in [-0.3, -0.25) is 9.36 Å². The lowest BCUT2D eigenvalue weighted by molar-refractivity contribution is -0.114. The summed E-state index contributed by atoms with van der Waals surface area (Å²) in [6, 6.07) is 21.9. The highest BCUT2D eigenvalue weighted by atomic mass is 31.2. The zero-order valence-corrected chi connectivity index (χ0v) is 20.3. The van der Waals surface area contributed by atoms with Gasteiger partial charge in [0.25, 0.3) is 0 Å². The van der Waals surface area contributed by atoms with Crippen LogP contribution < -0.4 is 5.32 Å². The molecule has 6 nitrogen and oxygen atoms in total. The van der Waals surface area contributed by atoms with Gasteiger partial charge in [-0.15, -0.1) is 0 Å². The Balaban J connectivity index is 1.89. The fourth-order valence-electron chi connectivity index (χ4n) is 3.93. The van der Waals surface area contributed by atoms with E-state index < -0.39 is 7.60 Å². The SMILES string of the molecule is CCOP(=O)(/C=C/c1ccc2cc(NC(C)=O)cc(-c3cccc4ccccc34)c2n1)OCC. The van der Waals surface area contributed by atoms with Crippen molar-refractivity contribution in [2.45, 2.75) is 20.8 Å². The lowest BCUT2D eigenvalue weighted by Gasteiger charge is -2.14. The third kappa shape index (κ3) is 5.26. The number of fused-ring (bicyclic) bond motifs is 2. The molecule has 4 rings (SSSR count). The van der Waals surface area contributed by atoms with Crippen LogP contribution in [-0.4, -0.2) is 24.1 Å². The molecule has 4 aromatic rings. The third-order valence-corrected chi connectivity index (χ3v) is 7.01. The van der Waals surface area contributed by atoms with Gasteiger partial charge in [-0.2, -0.15) is 0 Å². The molecule has 0 fully saturated rings. The summed E-state index contributed by atoms with van der Waals surface area (Å²) in [5, 5.41) is 5.97. The standard InChI is InChI=1S/C27H27N2O4P/c1-4-32-34(31,33-5-2)16-15-22-14-13-21-17-23(28-19(3)30)18-26(27(21)29-22)25-12-8-10-20-9-6-7-11-24(20)25/h6-18H,4-5H2,1-3H3,(H,28,30)/b16-15+. The average Bonchev–Trinajstić information content (AvgIpc) is 2.82. The molecule has 0 spiro atoms. The number of hydrogen-bond donors (Lipinski definition) is 1. The van der Waals surface area contributed by atoms with Crippen LogP contribution in [0.5, 0.6) is 0 Å². The number of carbonyl (C=O) groups is 1. The Kier molecular flexibility index (Phi) is 7.23. The summed E-state index contributed by atoms with van der Waals surface area (Å²) in [6.07, 6.45) is 1.67. The maximum Gasteiger partial charge on any atom is 0.354 e. The molecule has 1 amide bonds. The fourth-order valence-corrected chi connectivity index (χ4v) is 5.24. The van der Waals surface area contributed by atoms with Crippen LogP contribution in [0.4, 0.5) is 5.69 Å². The van der Waals surface area contributed by atoms with E-state index in [1.54, 1.807) is 19.9 Å². The molecule has 0 aliphatic rings. The van der Waals surface area contributed by atoms with E-state index in [4.69, 9.17) is 14.0 Å². The smallest absolute Gasteiger partial charge is 0.326 e. The Labute approximate surface area is 199 Å². The number of rotatable bonds is 8. The van der Waals surface area contributed by atoms with E-state index in [0.717, 1.165) is 32.8 Å². The highest BCUT2D eigenvalue weighted by Gasteiger charge is 2.19. The first kappa shape index (κ1) is 23.8. The number of nitrogens with one attached hydrogen (secondary N) is 1. The topological polar surface area (TPSA) is 77.5 Å². The zero-order valence-electron chi connectivity index (χ0n) is 19.4. The maximum atomic E-state index is 12.8. The highest BCUT2D eigenvalue weighted by Crippen LogP contribution is 2.50. The van der Waals surface area contributed by atoms with E-state index in [-0.39, 0.29) is 19.1 Å². The minimum absolute atomic E-state index is 0.140. The van der Waals surface area contributed by atoms with Gasteiger partial charge in [0.15, 0.2) is 0 Å². The van der Waals surface area contributed by atoms with Gasteiger partial charge in [-0.1, -0.05) is 48.5 Å². The predicted molar refractivity (Wildman–Crippen MR) is 139 cm³/mol. The van der Waals surface area contributed by atoms with Crippen molar-refractivity contribution in [2.75, 3.05) is 18.5 Å². The summed E-state index contributed by atoms with van der Waals surface area (Å²) >= 11 is 0. The van der Waals surface area contributed by atoms with Gasteiger partial charge in [0.05, 0.1) is 24.4 Å². The summed E-state index contributed by atoms with van der Waals surface area (Å²) in [5.41, 5.74) is 4.01. The maximum absolute atomic E-state index is 12.8. The third-order valence-electron chi connectivity index (χ3n) is 5.26. The van der Waals surface area contributed by atoms with Crippen molar-refractivity contribution in [1.82, 2.24) is 4.98 Å². The number of anilines is 1. The van der Waals surface area contributed by atoms with E-state index in [0.29, 0.717) is 11.4 Å². The van der Waals surface area contributed by atoms with Crippen molar-refractivity contribution in [3.63, 3.8) is 0 Å². The molecule has 0 atom stereocenters. The molecule has 0 bridgehead atoms. The second-order valence-electron chi connectivity index (χ2n) is 7.73. The van der Waals surface area contributed by atoms with Gasteiger partial charge in [0.2, 0.25) is 5.91 Å². The van der Waals surface area contributed by atoms with Crippen LogP contribution in [0.1, 0.15) is 26.5 Å². The van der Waals surface area contributed by atoms with Crippen LogP contribution in [0, 0.1) is 0 Å². The normalized spacial score (nSPS) is 12.0. The largest absolute Gasteiger partial charge is 0.354 e. The van der Waals surface area contributed by atoms with Gasteiger partial charge < -0.3 is 14.4 Å². The van der Waals surface area contributed by atoms with Gasteiger partial charge in [0, 0.05) is 29.4 Å². The summed E-state index contributed by atoms with van der Waals surface area (Å²) < 4.78 is 23.5. The van der Waals surface area contributed by atoms with Crippen LogP contribution in [0.15, 0.2) is 72.5 Å². The molecular formula is C27H27N2O4P. The Morgan fingerprint density at radius 2 is 1.68 bits per heavy atom.